The highest BCUT2D eigenvalue weighted by Gasteiger charge is 2.23. The second-order valence-electron chi connectivity index (χ2n) is 10.9. The lowest BCUT2D eigenvalue weighted by Gasteiger charge is -2.21. The van der Waals surface area contributed by atoms with Gasteiger partial charge in [-0.1, -0.05) is 61.0 Å². The molecule has 1 fully saturated rings. The molecule has 3 aromatic carbocycles. The molecule has 1 saturated carbocycles. The molecule has 0 bridgehead atoms. The van der Waals surface area contributed by atoms with Crippen molar-refractivity contribution in [1.82, 2.24) is 30.2 Å². The summed E-state index contributed by atoms with van der Waals surface area (Å²) in [6.07, 6.45) is 4.59. The summed E-state index contributed by atoms with van der Waals surface area (Å²) >= 11 is 0. The van der Waals surface area contributed by atoms with Crippen LogP contribution in [0.2, 0.25) is 0 Å². The van der Waals surface area contributed by atoms with Crippen LogP contribution in [0.3, 0.4) is 0 Å². The minimum Gasteiger partial charge on any atom is -0.478 e. The Labute approximate surface area is 259 Å². The van der Waals surface area contributed by atoms with Gasteiger partial charge in [0.15, 0.2) is 0 Å². The fourth-order valence-corrected chi connectivity index (χ4v) is 5.83. The number of carboxylic acid groups (broad SMARTS) is 1. The van der Waals surface area contributed by atoms with Gasteiger partial charge < -0.3 is 19.3 Å². The molecule has 12 nitrogen and oxygen atoms in total. The Morgan fingerprint density at radius 3 is 2.49 bits per heavy atom. The summed E-state index contributed by atoms with van der Waals surface area (Å²) in [7, 11) is 0. The van der Waals surface area contributed by atoms with Gasteiger partial charge in [0, 0.05) is 5.56 Å². The smallest absolute Gasteiger partial charge is 0.478 e. The van der Waals surface area contributed by atoms with Crippen molar-refractivity contribution in [1.29, 1.82) is 0 Å². The number of nitrogens with zero attached hydrogens (tertiary/aromatic N) is 5. The number of carbonyl (C=O) groups is 2. The van der Waals surface area contributed by atoms with Gasteiger partial charge in [0.05, 0.1) is 29.7 Å². The maximum absolute atomic E-state index is 12.3. The first-order valence-corrected chi connectivity index (χ1v) is 15.2. The first-order chi connectivity index (χ1) is 22.0. The fourth-order valence-electron chi connectivity index (χ4n) is 5.83. The molecule has 232 valence electrons. The Balaban J connectivity index is 1.25. The number of aromatic nitrogens is 6. The predicted molar refractivity (Wildman–Crippen MR) is 165 cm³/mol. The Morgan fingerprint density at radius 1 is 1.00 bits per heavy atom. The molecule has 0 unspecified atom stereocenters. The van der Waals surface area contributed by atoms with Crippen molar-refractivity contribution in [3.05, 3.63) is 77.4 Å². The topological polar surface area (TPSA) is 154 Å². The molecule has 5 aromatic rings. The maximum atomic E-state index is 12.3. The number of ether oxygens (including phenoxy) is 3. The van der Waals surface area contributed by atoms with Crippen LogP contribution < -0.4 is 4.74 Å². The molecule has 2 N–H and O–H groups in total. The lowest BCUT2D eigenvalue weighted by atomic mass is 9.96. The van der Waals surface area contributed by atoms with Gasteiger partial charge in [-0.25, -0.2) is 9.59 Å². The van der Waals surface area contributed by atoms with Crippen LogP contribution in [0.5, 0.6) is 6.01 Å². The molecule has 0 spiro atoms. The van der Waals surface area contributed by atoms with Crippen molar-refractivity contribution in [2.45, 2.75) is 58.1 Å². The number of hydrogen-bond donors (Lipinski definition) is 2. The third-order valence-electron chi connectivity index (χ3n) is 7.97. The van der Waals surface area contributed by atoms with Crippen molar-refractivity contribution in [3.8, 4) is 28.5 Å². The van der Waals surface area contributed by atoms with Crippen LogP contribution in [0, 0.1) is 0 Å². The van der Waals surface area contributed by atoms with Crippen molar-refractivity contribution in [3.63, 3.8) is 0 Å². The highest BCUT2D eigenvalue weighted by atomic mass is 16.7. The van der Waals surface area contributed by atoms with E-state index < -0.39 is 12.1 Å². The zero-order chi connectivity index (χ0) is 31.2. The second kappa shape index (κ2) is 13.6. The molecular formula is C33H34N6O6. The fraction of sp³-hybridized carbons (Fsp3) is 0.333. The maximum Gasteiger partial charge on any atom is 0.508 e. The average molecular weight is 611 g/mol. The number of imidazole rings is 1. The first-order valence-electron chi connectivity index (χ1n) is 15.2. The highest BCUT2D eigenvalue weighted by Crippen LogP contribution is 2.32. The number of benzene rings is 3. The summed E-state index contributed by atoms with van der Waals surface area (Å²) in [4.78, 5) is 29.3. The van der Waals surface area contributed by atoms with Gasteiger partial charge in [0.2, 0.25) is 5.82 Å². The van der Waals surface area contributed by atoms with Crippen molar-refractivity contribution >= 4 is 23.2 Å². The van der Waals surface area contributed by atoms with Gasteiger partial charge in [-0.15, -0.1) is 10.2 Å². The summed E-state index contributed by atoms with van der Waals surface area (Å²) in [6, 6.07) is 19.6. The third kappa shape index (κ3) is 6.64. The zero-order valence-electron chi connectivity index (χ0n) is 24.9. The SMILES string of the molecule is CCOc1nc2c(Cc3ccc(-c4ccccc4-c4nn[nH]n4)cc3)ccc(C(=O)O)c2n1CCOC(=O)OC1CCCCC1. The number of aromatic amines is 1. The molecule has 0 radical (unpaired) electrons. The van der Waals surface area contributed by atoms with Gasteiger partial charge in [0.25, 0.3) is 6.01 Å². The van der Waals surface area contributed by atoms with E-state index in [1.54, 1.807) is 16.7 Å². The van der Waals surface area contributed by atoms with Gasteiger partial charge in [0.1, 0.15) is 12.7 Å². The molecule has 0 atom stereocenters. The quantitative estimate of drug-likeness (QED) is 0.169. The summed E-state index contributed by atoms with van der Waals surface area (Å²) in [5.74, 6) is -0.569. The van der Waals surface area contributed by atoms with Gasteiger partial charge in [-0.05, 0) is 72.6 Å². The summed E-state index contributed by atoms with van der Waals surface area (Å²) in [6.45, 7) is 2.30. The Kier molecular flexibility index (Phi) is 8.99. The van der Waals surface area contributed by atoms with Gasteiger partial charge in [-0.2, -0.15) is 10.2 Å². The van der Waals surface area contributed by atoms with Crippen molar-refractivity contribution in [2.24, 2.45) is 0 Å². The second-order valence-corrected chi connectivity index (χ2v) is 10.9. The standard InChI is InChI=1S/C33H34N6O6/c1-2-43-32-34-28-23(20-21-12-14-22(15-13-21)25-10-6-7-11-26(25)30-35-37-38-36-30)16-17-27(31(40)41)29(28)39(32)18-19-44-33(42)45-24-8-4-3-5-9-24/h6-7,10-17,24H,2-5,8-9,18-20H2,1H3,(H,40,41)(H,35,36,37,38). The average Bonchev–Trinajstić information content (AvgIpc) is 3.72. The molecule has 2 heterocycles. The Morgan fingerprint density at radius 2 is 1.78 bits per heavy atom. The minimum atomic E-state index is -1.09. The van der Waals surface area contributed by atoms with Crippen LogP contribution in [-0.2, 0) is 22.4 Å². The van der Waals surface area contributed by atoms with E-state index in [4.69, 9.17) is 19.2 Å². The number of tetrazole rings is 1. The Bertz CT molecular complexity index is 1780. The van der Waals surface area contributed by atoms with E-state index in [9.17, 15) is 14.7 Å². The van der Waals surface area contributed by atoms with Crippen LogP contribution in [0.1, 0.15) is 60.5 Å². The Hall–Kier alpha value is -5.26. The van der Waals surface area contributed by atoms with Crippen LogP contribution >= 0.6 is 0 Å². The molecular weight excluding hydrogens is 576 g/mol. The molecule has 45 heavy (non-hydrogen) atoms. The molecule has 12 heteroatoms. The lowest BCUT2D eigenvalue weighted by molar-refractivity contribution is 0.00967. The first kappa shape index (κ1) is 29.8. The number of H-pyrrole nitrogens is 1. The molecule has 0 saturated heterocycles. The molecule has 1 aliphatic carbocycles. The van der Waals surface area contributed by atoms with E-state index in [1.165, 1.54) is 0 Å². The monoisotopic (exact) mass is 610 g/mol. The molecule has 1 aliphatic rings. The van der Waals surface area contributed by atoms with Crippen LogP contribution in [0.25, 0.3) is 33.5 Å². The largest absolute Gasteiger partial charge is 0.508 e. The van der Waals surface area contributed by atoms with E-state index in [-0.39, 0.29) is 30.8 Å². The summed E-state index contributed by atoms with van der Waals surface area (Å²) in [5, 5.41) is 24.5. The summed E-state index contributed by atoms with van der Waals surface area (Å²) < 4.78 is 18.3. The number of carbonyl (C=O) groups excluding carboxylic acids is 1. The van der Waals surface area contributed by atoms with Crippen LogP contribution in [-0.4, -0.2) is 66.7 Å². The number of hydrogen-bond acceptors (Lipinski definition) is 9. The van der Waals surface area contributed by atoms with E-state index in [0.717, 1.165) is 59.9 Å². The van der Waals surface area contributed by atoms with Gasteiger partial charge in [-0.3, -0.25) is 4.57 Å². The number of aromatic carboxylic acids is 1. The summed E-state index contributed by atoms with van der Waals surface area (Å²) in [5.41, 5.74) is 5.72. The number of rotatable bonds is 11. The van der Waals surface area contributed by atoms with Gasteiger partial charge >= 0.3 is 12.1 Å². The van der Waals surface area contributed by atoms with Crippen LogP contribution in [0.4, 0.5) is 4.79 Å². The van der Waals surface area contributed by atoms with Crippen LogP contribution in [0.15, 0.2) is 60.7 Å². The van der Waals surface area contributed by atoms with Crippen molar-refractivity contribution in [2.75, 3.05) is 13.2 Å². The molecule has 2 aromatic heterocycles. The van der Waals surface area contributed by atoms with E-state index in [2.05, 4.69) is 20.6 Å². The number of carboxylic acids is 1. The predicted octanol–water partition coefficient (Wildman–Crippen LogP) is 6.06. The zero-order valence-corrected chi connectivity index (χ0v) is 24.9. The molecule has 0 aliphatic heterocycles. The van der Waals surface area contributed by atoms with E-state index in [1.807, 2.05) is 55.5 Å². The minimum absolute atomic E-state index is 0.0207. The third-order valence-corrected chi connectivity index (χ3v) is 7.97. The van der Waals surface area contributed by atoms with E-state index >= 15 is 0 Å². The highest BCUT2D eigenvalue weighted by molar-refractivity contribution is 6.02. The molecule has 0 amide bonds. The number of fused-ring (bicyclic) bond motifs is 1. The lowest BCUT2D eigenvalue weighted by Crippen LogP contribution is -2.22. The number of nitrogens with one attached hydrogen (secondary N) is 1. The van der Waals surface area contributed by atoms with Crippen molar-refractivity contribution < 1.29 is 28.9 Å². The molecule has 6 rings (SSSR count). The van der Waals surface area contributed by atoms with E-state index in [0.29, 0.717) is 29.9 Å². The normalized spacial score (nSPS) is 13.5.